The second-order valence-electron chi connectivity index (χ2n) is 7.12. The van der Waals surface area contributed by atoms with Crippen LogP contribution in [0.25, 0.3) is 0 Å². The van der Waals surface area contributed by atoms with Crippen LogP contribution in [-0.2, 0) is 6.18 Å². The number of carbonyl (C=O) groups excluding carboxylic acids is 1. The molecule has 0 radical (unpaired) electrons. The number of hydrogen-bond acceptors (Lipinski definition) is 4. The topological polar surface area (TPSA) is 75.1 Å². The van der Waals surface area contributed by atoms with Crippen LogP contribution in [-0.4, -0.2) is 32.8 Å². The number of nitrogens with zero attached hydrogens (tertiary/aromatic N) is 2. The SMILES string of the molecule is O=C(NC(c1cc(Cl)ccn1)[C@]1(O)CC[C@H](F)CC1)c1ccc(C(F)(F)F)nc1Cl. The Balaban J connectivity index is 1.92. The maximum absolute atomic E-state index is 13.6. The van der Waals surface area contributed by atoms with Crippen molar-refractivity contribution in [2.45, 2.75) is 49.7 Å². The minimum Gasteiger partial charge on any atom is -0.387 e. The number of carbonyl (C=O) groups is 1. The van der Waals surface area contributed by atoms with E-state index in [-0.39, 0.29) is 36.9 Å². The molecular formula is C19H17Cl2F4N3O2. The van der Waals surface area contributed by atoms with Crippen LogP contribution in [0.5, 0.6) is 0 Å². The van der Waals surface area contributed by atoms with E-state index in [1.807, 2.05) is 0 Å². The zero-order chi connectivity index (χ0) is 22.1. The first-order chi connectivity index (χ1) is 14.0. The van der Waals surface area contributed by atoms with Gasteiger partial charge in [0.2, 0.25) is 0 Å². The summed E-state index contributed by atoms with van der Waals surface area (Å²) in [6.45, 7) is 0. The lowest BCUT2D eigenvalue weighted by molar-refractivity contribution is -0.141. The van der Waals surface area contributed by atoms with E-state index in [0.29, 0.717) is 11.1 Å². The number of amides is 1. The summed E-state index contributed by atoms with van der Waals surface area (Å²) < 4.78 is 52.0. The Morgan fingerprint density at radius 3 is 2.47 bits per heavy atom. The summed E-state index contributed by atoms with van der Waals surface area (Å²) in [5, 5.41) is 13.4. The van der Waals surface area contributed by atoms with Gasteiger partial charge in [-0.25, -0.2) is 9.37 Å². The highest BCUT2D eigenvalue weighted by atomic mass is 35.5. The van der Waals surface area contributed by atoms with Gasteiger partial charge in [-0.05, 0) is 49.9 Å². The highest BCUT2D eigenvalue weighted by molar-refractivity contribution is 6.32. The van der Waals surface area contributed by atoms with Crippen LogP contribution >= 0.6 is 23.2 Å². The van der Waals surface area contributed by atoms with Crippen molar-refractivity contribution in [2.24, 2.45) is 0 Å². The number of nitrogens with one attached hydrogen (secondary N) is 1. The molecule has 1 aliphatic rings. The lowest BCUT2D eigenvalue weighted by atomic mass is 9.77. The summed E-state index contributed by atoms with van der Waals surface area (Å²) in [5.41, 5.74) is -2.84. The van der Waals surface area contributed by atoms with Crippen LogP contribution in [0.2, 0.25) is 10.2 Å². The molecule has 2 heterocycles. The number of halogens is 6. The van der Waals surface area contributed by atoms with E-state index in [1.165, 1.54) is 18.3 Å². The minimum atomic E-state index is -4.72. The molecular weight excluding hydrogens is 449 g/mol. The second-order valence-corrected chi connectivity index (χ2v) is 7.91. The first kappa shape index (κ1) is 22.7. The average Bonchev–Trinajstić information content (AvgIpc) is 2.67. The third-order valence-corrected chi connectivity index (χ3v) is 5.54. The molecule has 1 atom stereocenters. The molecule has 2 aromatic heterocycles. The van der Waals surface area contributed by atoms with E-state index in [1.54, 1.807) is 0 Å². The van der Waals surface area contributed by atoms with Gasteiger partial charge in [-0.2, -0.15) is 13.2 Å². The fraction of sp³-hybridized carbons (Fsp3) is 0.421. The van der Waals surface area contributed by atoms with Crippen LogP contribution in [0.4, 0.5) is 17.6 Å². The zero-order valence-corrected chi connectivity index (χ0v) is 16.9. The second kappa shape index (κ2) is 8.64. The van der Waals surface area contributed by atoms with Crippen molar-refractivity contribution in [3.8, 4) is 0 Å². The summed E-state index contributed by atoms with van der Waals surface area (Å²) in [7, 11) is 0. The molecule has 5 nitrogen and oxygen atoms in total. The molecule has 30 heavy (non-hydrogen) atoms. The number of aliphatic hydroxyl groups is 1. The predicted octanol–water partition coefficient (Wildman–Crippen LogP) is 4.92. The fourth-order valence-electron chi connectivity index (χ4n) is 3.40. The third kappa shape index (κ3) is 5.01. The molecule has 0 bridgehead atoms. The highest BCUT2D eigenvalue weighted by Crippen LogP contribution is 2.39. The van der Waals surface area contributed by atoms with Gasteiger partial charge in [-0.1, -0.05) is 23.2 Å². The molecule has 2 N–H and O–H groups in total. The number of rotatable bonds is 4. The molecule has 1 fully saturated rings. The molecule has 1 aliphatic carbocycles. The van der Waals surface area contributed by atoms with Crippen molar-refractivity contribution >= 4 is 29.1 Å². The molecule has 3 rings (SSSR count). The molecule has 1 saturated carbocycles. The highest BCUT2D eigenvalue weighted by Gasteiger charge is 2.43. The molecule has 0 spiro atoms. The summed E-state index contributed by atoms with van der Waals surface area (Å²) in [4.78, 5) is 20.2. The maximum atomic E-state index is 13.6. The molecule has 1 amide bonds. The smallest absolute Gasteiger partial charge is 0.387 e. The standard InChI is InChI=1S/C19H17Cl2F4N3O2/c20-10-5-8-26-13(9-10)15(18(30)6-3-11(22)4-7-18)28-17(29)12-1-2-14(19(23,24)25)27-16(12)21/h1-2,5,8-9,11,15,30H,3-4,6-7H2,(H,28,29)/t11-,15?,18-. The Bertz CT molecular complexity index is 934. The van der Waals surface area contributed by atoms with E-state index in [4.69, 9.17) is 23.2 Å². The number of aromatic nitrogens is 2. The lowest BCUT2D eigenvalue weighted by Gasteiger charge is -2.40. The maximum Gasteiger partial charge on any atom is 0.433 e. The molecule has 0 saturated heterocycles. The van der Waals surface area contributed by atoms with Crippen LogP contribution in [0, 0.1) is 0 Å². The van der Waals surface area contributed by atoms with Crippen LogP contribution < -0.4 is 5.32 Å². The average molecular weight is 466 g/mol. The monoisotopic (exact) mass is 465 g/mol. The Morgan fingerprint density at radius 1 is 1.23 bits per heavy atom. The Morgan fingerprint density at radius 2 is 1.90 bits per heavy atom. The van der Waals surface area contributed by atoms with Crippen molar-refractivity contribution in [1.29, 1.82) is 0 Å². The van der Waals surface area contributed by atoms with Crippen molar-refractivity contribution < 1.29 is 27.5 Å². The van der Waals surface area contributed by atoms with E-state index in [0.717, 1.165) is 6.07 Å². The van der Waals surface area contributed by atoms with Gasteiger partial charge in [0.15, 0.2) is 0 Å². The van der Waals surface area contributed by atoms with Gasteiger partial charge < -0.3 is 10.4 Å². The quantitative estimate of drug-likeness (QED) is 0.496. The Labute approximate surface area is 179 Å². The van der Waals surface area contributed by atoms with Crippen molar-refractivity contribution in [3.63, 3.8) is 0 Å². The van der Waals surface area contributed by atoms with Crippen LogP contribution in [0.1, 0.15) is 53.5 Å². The van der Waals surface area contributed by atoms with Gasteiger partial charge in [0.1, 0.15) is 23.1 Å². The van der Waals surface area contributed by atoms with Gasteiger partial charge in [0, 0.05) is 11.2 Å². The Hall–Kier alpha value is -1.97. The van der Waals surface area contributed by atoms with E-state index < -0.39 is 40.7 Å². The van der Waals surface area contributed by atoms with E-state index in [9.17, 15) is 27.5 Å². The minimum absolute atomic E-state index is 0.0479. The van der Waals surface area contributed by atoms with Crippen LogP contribution in [0.15, 0.2) is 30.5 Å². The molecule has 11 heteroatoms. The molecule has 0 aliphatic heterocycles. The van der Waals surface area contributed by atoms with Gasteiger partial charge in [0.05, 0.1) is 16.9 Å². The molecule has 0 aromatic carbocycles. The van der Waals surface area contributed by atoms with Crippen molar-refractivity contribution in [2.75, 3.05) is 0 Å². The normalized spacial score (nSPS) is 23.1. The number of alkyl halides is 4. The van der Waals surface area contributed by atoms with Gasteiger partial charge in [0.25, 0.3) is 5.91 Å². The fourth-order valence-corrected chi connectivity index (χ4v) is 3.81. The Kier molecular flexibility index (Phi) is 6.54. The third-order valence-electron chi connectivity index (χ3n) is 5.02. The molecule has 2 aromatic rings. The zero-order valence-electron chi connectivity index (χ0n) is 15.4. The van der Waals surface area contributed by atoms with Crippen molar-refractivity contribution in [3.05, 3.63) is 57.6 Å². The van der Waals surface area contributed by atoms with Gasteiger partial charge in [-0.3, -0.25) is 9.78 Å². The predicted molar refractivity (Wildman–Crippen MR) is 102 cm³/mol. The first-order valence-corrected chi connectivity index (χ1v) is 9.78. The summed E-state index contributed by atoms with van der Waals surface area (Å²) in [6.07, 6.45) is -4.13. The molecule has 162 valence electrons. The van der Waals surface area contributed by atoms with Crippen LogP contribution in [0.3, 0.4) is 0 Å². The number of hydrogen-bond donors (Lipinski definition) is 2. The lowest BCUT2D eigenvalue weighted by Crippen LogP contribution is -2.49. The number of pyridine rings is 2. The van der Waals surface area contributed by atoms with E-state index >= 15 is 0 Å². The van der Waals surface area contributed by atoms with Gasteiger partial charge >= 0.3 is 6.18 Å². The molecule has 1 unspecified atom stereocenters. The van der Waals surface area contributed by atoms with Crippen molar-refractivity contribution in [1.82, 2.24) is 15.3 Å². The summed E-state index contributed by atoms with van der Waals surface area (Å²) >= 11 is 11.8. The largest absolute Gasteiger partial charge is 0.433 e. The first-order valence-electron chi connectivity index (χ1n) is 9.02. The van der Waals surface area contributed by atoms with Gasteiger partial charge in [-0.15, -0.1) is 0 Å². The summed E-state index contributed by atoms with van der Waals surface area (Å²) in [5.74, 6) is -0.858. The summed E-state index contributed by atoms with van der Waals surface area (Å²) in [6, 6.07) is 3.39. The van der Waals surface area contributed by atoms with E-state index in [2.05, 4.69) is 15.3 Å².